The molecule has 220 valence electrons. The highest BCUT2D eigenvalue weighted by molar-refractivity contribution is 7.92. The van der Waals surface area contributed by atoms with Crippen molar-refractivity contribution in [3.8, 4) is 0 Å². The molecule has 2 N–H and O–H groups in total. The lowest BCUT2D eigenvalue weighted by Crippen LogP contribution is -2.75. The van der Waals surface area contributed by atoms with E-state index in [1.165, 1.54) is 12.3 Å². The van der Waals surface area contributed by atoms with E-state index in [1.54, 1.807) is 20.8 Å². The van der Waals surface area contributed by atoms with Crippen LogP contribution < -0.4 is 10.6 Å². The summed E-state index contributed by atoms with van der Waals surface area (Å²) in [5, 5.41) is 8.98. The maximum absolute atomic E-state index is 13.4. The van der Waals surface area contributed by atoms with E-state index in [4.69, 9.17) is 25.8 Å². The summed E-state index contributed by atoms with van der Waals surface area (Å²) < 4.78 is 27.5. The van der Waals surface area contributed by atoms with Gasteiger partial charge in [-0.25, -0.2) is 19.4 Å². The number of ether oxygens (including phenoxy) is 1. The number of hydrogen-bond acceptors (Lipinski definition) is 13. The molecule has 0 aromatic carbocycles. The number of β-lactam (4-membered cyclic amide) rings is 1. The molecule has 20 heteroatoms. The Morgan fingerprint density at radius 3 is 2.59 bits per heavy atom. The van der Waals surface area contributed by atoms with E-state index in [9.17, 15) is 28.5 Å². The van der Waals surface area contributed by atoms with Crippen molar-refractivity contribution in [2.75, 3.05) is 16.9 Å². The van der Waals surface area contributed by atoms with E-state index in [-0.39, 0.29) is 33.7 Å². The number of hydrogen-bond donors (Lipinski definition) is 2. The van der Waals surface area contributed by atoms with Crippen molar-refractivity contribution in [1.29, 1.82) is 0 Å². The molecule has 1 aromatic heterocycles. The van der Waals surface area contributed by atoms with E-state index < -0.39 is 69.9 Å². The molecule has 1 aromatic rings. The molecule has 41 heavy (non-hydrogen) atoms. The number of rotatable bonds is 9. The number of carbonyl (C=O) groups excluding carboxylic acids is 5. The molecule has 3 rings (SSSR count). The number of alkyl halides is 1. The van der Waals surface area contributed by atoms with Crippen LogP contribution >= 0.6 is 22.9 Å². The molecule has 0 bridgehead atoms. The van der Waals surface area contributed by atoms with Crippen LogP contribution in [-0.2, 0) is 49.2 Å². The molecule has 1 fully saturated rings. The van der Waals surface area contributed by atoms with Gasteiger partial charge in [0.15, 0.2) is 16.9 Å². The van der Waals surface area contributed by atoms with Crippen LogP contribution in [0.25, 0.3) is 0 Å². The van der Waals surface area contributed by atoms with Gasteiger partial charge in [0, 0.05) is 11.0 Å². The van der Waals surface area contributed by atoms with E-state index in [0.717, 1.165) is 32.3 Å². The minimum absolute atomic E-state index is 0.0523. The summed E-state index contributed by atoms with van der Waals surface area (Å²) >= 11 is 5.12. The largest absolute Gasteiger partial charge is 0.614 e. The summed E-state index contributed by atoms with van der Waals surface area (Å²) in [7, 11) is 2.27. The molecule has 0 saturated carbocycles. The number of anilines is 1. The number of nitrogens with zero attached hydrogens (tertiary/aromatic N) is 3. The molecule has 4 atom stereocenters. The third kappa shape index (κ3) is 7.33. The topological polar surface area (TPSA) is 198 Å². The molecule has 15 nitrogen and oxygen atoms in total. The highest BCUT2D eigenvalue weighted by atomic mass is 35.5. The molecular formula is C21H26B2ClN5O10S2. The van der Waals surface area contributed by atoms with Crippen molar-refractivity contribution in [3.05, 3.63) is 22.3 Å². The van der Waals surface area contributed by atoms with Crippen LogP contribution in [0, 0.1) is 0 Å². The van der Waals surface area contributed by atoms with E-state index in [1.807, 2.05) is 0 Å². The predicted octanol–water partition coefficient (Wildman–Crippen LogP) is -1.31. The second-order valence-electron chi connectivity index (χ2n) is 9.53. The number of fused-ring (bicyclic) bond motifs is 1. The van der Waals surface area contributed by atoms with Gasteiger partial charge in [0.25, 0.3) is 11.8 Å². The van der Waals surface area contributed by atoms with Crippen LogP contribution in [0.15, 0.2) is 21.8 Å². The summed E-state index contributed by atoms with van der Waals surface area (Å²) in [5.41, 5.74) is -1.17. The zero-order chi connectivity index (χ0) is 30.6. The standard InChI is InChI=1S/C21H26B2ClN5O10S2/c1-8(17(32)37-22)39-28-11(10-6-40-19(25-10)27-20(34)36-21(2,3)4)14(30)26-12-15(31)29-13(18(33)38-23)9(5-24)7-41(35)16(12)29/h6,8,12,16H,5,7,22-23H2,1-4H3,(H,26,30)(H,25,27,34)/b28-11-/t8-,12-,16-,41?/m1/s1. The molecule has 3 heterocycles. The number of oxime groups is 1. The lowest BCUT2D eigenvalue weighted by atomic mass is 10.0. The number of carbonyl (C=O) groups is 5. The SMILES string of the molecule is BOC(=O)C1=C(CCl)C[S+]([O-])[C@@H]2[C@H](NC(=O)/C(=N\O[C@H](C)C(=O)OB)c3csc(NC(=O)OC(C)(C)C)n3)C(=O)N12. The molecule has 2 aliphatic heterocycles. The smallest absolute Gasteiger partial charge is 0.413 e. The highest BCUT2D eigenvalue weighted by Crippen LogP contribution is 2.37. The fourth-order valence-corrected chi connectivity index (χ4v) is 6.33. The number of aromatic nitrogens is 1. The van der Waals surface area contributed by atoms with E-state index in [0.29, 0.717) is 0 Å². The fraction of sp³-hybridized carbons (Fsp3) is 0.476. The predicted molar refractivity (Wildman–Crippen MR) is 152 cm³/mol. The molecule has 3 amide bonds. The number of amides is 3. The highest BCUT2D eigenvalue weighted by Gasteiger charge is 2.61. The molecular weight excluding hydrogens is 603 g/mol. The van der Waals surface area contributed by atoms with E-state index >= 15 is 0 Å². The third-order valence-electron chi connectivity index (χ3n) is 5.44. The minimum atomic E-state index is -1.72. The molecule has 0 aliphatic carbocycles. The Balaban J connectivity index is 1.86. The summed E-state index contributed by atoms with van der Waals surface area (Å²) in [6.07, 6.45) is -2.00. The van der Waals surface area contributed by atoms with Gasteiger partial charge < -0.3 is 28.8 Å². The van der Waals surface area contributed by atoms with Crippen molar-refractivity contribution >= 4 is 90.9 Å². The monoisotopic (exact) mass is 629 g/mol. The zero-order valence-corrected chi connectivity index (χ0v) is 25.2. The zero-order valence-electron chi connectivity index (χ0n) is 22.8. The summed E-state index contributed by atoms with van der Waals surface area (Å²) in [6.45, 7) is 6.36. The van der Waals surface area contributed by atoms with Gasteiger partial charge in [0.05, 0.1) is 5.88 Å². The first-order valence-corrected chi connectivity index (χ1v) is 14.7. The Morgan fingerprint density at radius 2 is 2.00 bits per heavy atom. The van der Waals surface area contributed by atoms with Crippen molar-refractivity contribution < 1.29 is 47.4 Å². The van der Waals surface area contributed by atoms with Gasteiger partial charge >= 0.3 is 34.1 Å². The molecule has 2 aliphatic rings. The van der Waals surface area contributed by atoms with Crippen molar-refractivity contribution in [2.24, 2.45) is 5.16 Å². The molecule has 0 radical (unpaired) electrons. The molecule has 1 saturated heterocycles. The Morgan fingerprint density at radius 1 is 1.32 bits per heavy atom. The van der Waals surface area contributed by atoms with Crippen molar-refractivity contribution in [3.63, 3.8) is 0 Å². The quantitative estimate of drug-likeness (QED) is 0.0821. The van der Waals surface area contributed by atoms with Crippen LogP contribution in [0.4, 0.5) is 9.93 Å². The second kappa shape index (κ2) is 13.1. The lowest BCUT2D eigenvalue weighted by molar-refractivity contribution is -0.149. The Hall–Kier alpha value is -3.28. The number of halogens is 1. The fourth-order valence-electron chi connectivity index (χ4n) is 3.63. The van der Waals surface area contributed by atoms with Crippen LogP contribution in [-0.4, -0.2) is 101 Å². The molecule has 1 unspecified atom stereocenters. The van der Waals surface area contributed by atoms with Crippen molar-refractivity contribution in [2.45, 2.75) is 50.8 Å². The summed E-state index contributed by atoms with van der Waals surface area (Å²) in [4.78, 5) is 72.9. The first-order chi connectivity index (χ1) is 19.2. The number of thiazole rings is 1. The maximum atomic E-state index is 13.4. The lowest BCUT2D eigenvalue weighted by Gasteiger charge is -2.49. The minimum Gasteiger partial charge on any atom is -0.614 e. The molecule has 0 spiro atoms. The van der Waals surface area contributed by atoms with Crippen LogP contribution in [0.1, 0.15) is 33.4 Å². The van der Waals surface area contributed by atoms with Crippen LogP contribution in [0.3, 0.4) is 0 Å². The summed E-state index contributed by atoms with van der Waals surface area (Å²) in [6, 6.07) is -1.30. The van der Waals surface area contributed by atoms with Crippen molar-refractivity contribution in [1.82, 2.24) is 15.2 Å². The van der Waals surface area contributed by atoms with Gasteiger partial charge in [-0.3, -0.25) is 19.8 Å². The van der Waals surface area contributed by atoms with Gasteiger partial charge in [0.1, 0.15) is 22.7 Å². The van der Waals surface area contributed by atoms with Gasteiger partial charge in [-0.05, 0) is 38.9 Å². The Labute approximate surface area is 248 Å². The average molecular weight is 630 g/mol. The maximum Gasteiger partial charge on any atom is 0.413 e. The second-order valence-corrected chi connectivity index (χ2v) is 12.2. The first kappa shape index (κ1) is 32.2. The van der Waals surface area contributed by atoms with Gasteiger partial charge in [-0.2, -0.15) is 0 Å². The normalized spacial score (nSPS) is 21.2. The third-order valence-corrected chi connectivity index (χ3v) is 8.17. The first-order valence-electron chi connectivity index (χ1n) is 11.9. The summed E-state index contributed by atoms with van der Waals surface area (Å²) in [5.74, 6) is -3.58. The number of nitrogens with one attached hydrogen (secondary N) is 2. The average Bonchev–Trinajstić information content (AvgIpc) is 3.36. The van der Waals surface area contributed by atoms with E-state index in [2.05, 4.69) is 25.4 Å². The van der Waals surface area contributed by atoms with Gasteiger partial charge in [-0.15, -0.1) is 22.9 Å². The Bertz CT molecular complexity index is 1300. The van der Waals surface area contributed by atoms with Crippen LogP contribution in [0.2, 0.25) is 0 Å². The van der Waals surface area contributed by atoms with Gasteiger partial charge in [0.2, 0.25) is 11.5 Å². The van der Waals surface area contributed by atoms with Crippen LogP contribution in [0.5, 0.6) is 0 Å². The Kier molecular flexibility index (Phi) is 10.3. The van der Waals surface area contributed by atoms with Gasteiger partial charge in [-0.1, -0.05) is 5.16 Å².